The molecule has 5 aliphatic rings. The summed E-state index contributed by atoms with van der Waals surface area (Å²) >= 11 is 1.66. The molecular formula is C37H62Cl2SSiZr. The predicted molar refractivity (Wildman–Crippen MR) is 191 cm³/mol. The van der Waals surface area contributed by atoms with E-state index in [1.54, 1.807) is 12.0 Å². The summed E-state index contributed by atoms with van der Waals surface area (Å²) in [6.07, 6.45) is 12.0. The number of benzene rings is 1. The van der Waals surface area contributed by atoms with E-state index in [0.717, 1.165) is 68.9 Å². The van der Waals surface area contributed by atoms with Crippen molar-refractivity contribution in [3.63, 3.8) is 0 Å². The maximum absolute atomic E-state index is 4.93. The molecule has 0 N–H and O–H groups in total. The summed E-state index contributed by atoms with van der Waals surface area (Å²) in [5.41, 5.74) is 5.50. The van der Waals surface area contributed by atoms with Gasteiger partial charge in [-0.25, -0.2) is 0 Å². The molecule has 1 saturated heterocycles. The molecule has 238 valence electrons. The predicted octanol–water partition coefficient (Wildman–Crippen LogP) is 12.8. The standard InChI is InChI=1S/C35H56SSi.2CH3.2ClH.Zr/c1-21-20-29-26(24-16-18-25(19-17-24)35(4,5)6)13-11-14-27(29)33(21)37(7,8)34-23(3)22(2)32-31(34)28-12-9-10-15-30(28)36-32;;;;;/h16-19,21-23,26-34H,9-15,20H2,1-8H3;2*1H3;2*1H;/q;2*-1;;;+4/p-2. The van der Waals surface area contributed by atoms with Crippen LogP contribution in [-0.2, 0) is 26.3 Å². The van der Waals surface area contributed by atoms with Gasteiger partial charge < -0.3 is 14.9 Å². The summed E-state index contributed by atoms with van der Waals surface area (Å²) in [4.78, 5) is 0. The minimum absolute atomic E-state index is 0. The van der Waals surface area contributed by atoms with Gasteiger partial charge in [0.1, 0.15) is 0 Å². The van der Waals surface area contributed by atoms with Crippen molar-refractivity contribution in [1.29, 1.82) is 0 Å². The van der Waals surface area contributed by atoms with Gasteiger partial charge in [-0.1, -0.05) is 105 Å². The van der Waals surface area contributed by atoms with Crippen LogP contribution in [0.15, 0.2) is 24.3 Å². The van der Waals surface area contributed by atoms with Gasteiger partial charge in [0, 0.05) is 10.5 Å². The summed E-state index contributed by atoms with van der Waals surface area (Å²) in [5.74, 6) is 7.67. The van der Waals surface area contributed by atoms with Crippen molar-refractivity contribution in [1.82, 2.24) is 0 Å². The number of hydrogen-bond donors (Lipinski definition) is 0. The Hall–Kier alpha value is 1.25. The van der Waals surface area contributed by atoms with E-state index in [1.807, 2.05) is 0 Å². The molecule has 0 radical (unpaired) electrons. The van der Waals surface area contributed by atoms with Crippen LogP contribution in [0.4, 0.5) is 0 Å². The van der Waals surface area contributed by atoms with Crippen molar-refractivity contribution in [3.05, 3.63) is 50.2 Å². The monoisotopic (exact) mass is 726 g/mol. The molecule has 4 saturated carbocycles. The fourth-order valence-corrected chi connectivity index (χ4v) is 20.7. The van der Waals surface area contributed by atoms with E-state index in [-0.39, 0.29) is 20.3 Å². The van der Waals surface area contributed by atoms with Crippen LogP contribution < -0.4 is 0 Å². The third-order valence-electron chi connectivity index (χ3n) is 13.0. The van der Waals surface area contributed by atoms with Crippen LogP contribution in [0.1, 0.15) is 110 Å². The number of fused-ring (bicyclic) bond motifs is 4. The van der Waals surface area contributed by atoms with Crippen molar-refractivity contribution in [2.45, 2.75) is 139 Å². The second kappa shape index (κ2) is 15.0. The van der Waals surface area contributed by atoms with Gasteiger partial charge in [0.2, 0.25) is 0 Å². The van der Waals surface area contributed by atoms with E-state index < -0.39 is 28.9 Å². The second-order valence-corrected chi connectivity index (χ2v) is 26.4. The zero-order valence-electron chi connectivity index (χ0n) is 28.6. The van der Waals surface area contributed by atoms with Crippen LogP contribution in [0.5, 0.6) is 0 Å². The third kappa shape index (κ3) is 6.92. The first-order valence-corrected chi connectivity index (χ1v) is 27.1. The molecule has 1 heterocycles. The zero-order chi connectivity index (χ0) is 29.0. The van der Waals surface area contributed by atoms with Crippen molar-refractivity contribution in [2.24, 2.45) is 41.4 Å². The molecule has 5 heteroatoms. The molecule has 0 bridgehead atoms. The Kier molecular flexibility index (Phi) is 13.5. The van der Waals surface area contributed by atoms with Crippen LogP contribution in [0.2, 0.25) is 24.2 Å². The Bertz CT molecular complexity index is 990. The Balaban J connectivity index is 0.000000930. The molecule has 0 spiro atoms. The summed E-state index contributed by atoms with van der Waals surface area (Å²) in [6.45, 7) is 20.9. The summed E-state index contributed by atoms with van der Waals surface area (Å²) in [5, 5.41) is 1.99. The third-order valence-corrected chi connectivity index (χ3v) is 20.4. The molecule has 42 heavy (non-hydrogen) atoms. The van der Waals surface area contributed by atoms with Crippen LogP contribution in [0.25, 0.3) is 0 Å². The number of thioether (sulfide) groups is 1. The fraction of sp³-hybridized carbons (Fsp3) is 0.784. The SMILES string of the molecule is CC1CC2C(c3ccc(C(C)(C)C)cc3)CCCC2C1[Si](C)(C)C1C(C)C(C)C2SC3CCCCC3C21.[CH3-].[CH3-].[Cl][Zr+2][Cl]. The Morgan fingerprint density at radius 2 is 1.38 bits per heavy atom. The first-order valence-electron chi connectivity index (χ1n) is 16.6. The van der Waals surface area contributed by atoms with E-state index in [9.17, 15) is 0 Å². The molecule has 12 unspecified atom stereocenters. The van der Waals surface area contributed by atoms with Crippen molar-refractivity contribution < 1.29 is 20.8 Å². The average molecular weight is 729 g/mol. The van der Waals surface area contributed by atoms with E-state index in [4.69, 9.17) is 17.0 Å². The molecule has 1 aromatic carbocycles. The summed E-state index contributed by atoms with van der Waals surface area (Å²) in [7, 11) is 8.41. The molecule has 5 fully saturated rings. The quantitative estimate of drug-likeness (QED) is 0.221. The topological polar surface area (TPSA) is 0 Å². The van der Waals surface area contributed by atoms with Crippen molar-refractivity contribution in [2.75, 3.05) is 0 Å². The van der Waals surface area contributed by atoms with Gasteiger partial charge in [-0.05, 0) is 101 Å². The summed E-state index contributed by atoms with van der Waals surface area (Å²) in [6, 6.07) is 9.96. The second-order valence-electron chi connectivity index (χ2n) is 16.3. The molecule has 12 atom stereocenters. The average Bonchev–Trinajstić information content (AvgIpc) is 3.53. The Morgan fingerprint density at radius 1 is 0.786 bits per heavy atom. The van der Waals surface area contributed by atoms with E-state index >= 15 is 0 Å². The molecule has 0 amide bonds. The number of rotatable bonds is 3. The van der Waals surface area contributed by atoms with Crippen LogP contribution in [0, 0.1) is 56.3 Å². The van der Waals surface area contributed by atoms with Gasteiger partial charge in [0.15, 0.2) is 0 Å². The zero-order valence-corrected chi connectivity index (χ0v) is 34.3. The first kappa shape index (κ1) is 37.7. The van der Waals surface area contributed by atoms with Crippen LogP contribution >= 0.6 is 28.8 Å². The van der Waals surface area contributed by atoms with Crippen LogP contribution in [0.3, 0.4) is 0 Å². The normalized spacial score (nSPS) is 40.7. The molecule has 1 aliphatic heterocycles. The van der Waals surface area contributed by atoms with Gasteiger partial charge in [-0.3, -0.25) is 0 Å². The van der Waals surface area contributed by atoms with Gasteiger partial charge in [0.05, 0.1) is 8.07 Å². The molecule has 0 aromatic heterocycles. The van der Waals surface area contributed by atoms with E-state index in [2.05, 4.69) is 90.7 Å². The summed E-state index contributed by atoms with van der Waals surface area (Å²) < 4.78 is 0. The van der Waals surface area contributed by atoms with Crippen molar-refractivity contribution in [3.8, 4) is 0 Å². The molecule has 6 rings (SSSR count). The maximum atomic E-state index is 4.93. The van der Waals surface area contributed by atoms with E-state index in [0.29, 0.717) is 0 Å². The van der Waals surface area contributed by atoms with E-state index in [1.165, 1.54) is 50.5 Å². The minimum atomic E-state index is -1.45. The van der Waals surface area contributed by atoms with Gasteiger partial charge in [0.25, 0.3) is 0 Å². The van der Waals surface area contributed by atoms with Gasteiger partial charge in [-0.2, -0.15) is 11.8 Å². The number of hydrogen-bond acceptors (Lipinski definition) is 1. The Labute approximate surface area is 286 Å². The molecule has 1 aromatic rings. The molecular weight excluding hydrogens is 667 g/mol. The van der Waals surface area contributed by atoms with Crippen molar-refractivity contribution >= 4 is 36.9 Å². The Morgan fingerprint density at radius 3 is 2.00 bits per heavy atom. The number of halogens is 2. The molecule has 4 aliphatic carbocycles. The first-order chi connectivity index (χ1) is 18.9. The van der Waals surface area contributed by atoms with Gasteiger partial charge >= 0.3 is 37.9 Å². The van der Waals surface area contributed by atoms with Gasteiger partial charge in [-0.15, -0.1) is 0 Å². The fourth-order valence-electron chi connectivity index (χ4n) is 11.6. The van der Waals surface area contributed by atoms with Crippen LogP contribution in [-0.4, -0.2) is 18.6 Å². The molecule has 0 nitrogen and oxygen atoms in total.